The molecule has 0 atom stereocenters. The summed E-state index contributed by atoms with van der Waals surface area (Å²) in [6, 6.07) is 11.3. The molecule has 5 nitrogen and oxygen atoms in total. The molecule has 0 aliphatic carbocycles. The minimum Gasteiger partial charge on any atom is -0.490 e. The molecule has 2 aromatic rings. The lowest BCUT2D eigenvalue weighted by Gasteiger charge is -2.12. The summed E-state index contributed by atoms with van der Waals surface area (Å²) in [6.07, 6.45) is 0.0195. The Morgan fingerprint density at radius 1 is 1.00 bits per heavy atom. The topological polar surface area (TPSA) is 61.8 Å². The number of rotatable bonds is 5. The second kappa shape index (κ2) is 7.97. The van der Waals surface area contributed by atoms with Crippen LogP contribution in [0, 0.1) is 0 Å². The highest BCUT2D eigenvalue weighted by Gasteiger charge is 2.17. The van der Waals surface area contributed by atoms with E-state index in [-0.39, 0.29) is 17.4 Å². The van der Waals surface area contributed by atoms with Crippen molar-refractivity contribution in [1.82, 2.24) is 0 Å². The number of hydrogen-bond acceptors (Lipinski definition) is 5. The summed E-state index contributed by atoms with van der Waals surface area (Å²) in [5, 5.41) is 0. The minimum absolute atomic E-state index is 0.0195. The minimum atomic E-state index is -0.580. The van der Waals surface area contributed by atoms with E-state index in [1.807, 2.05) is 13.8 Å². The number of carbonyl (C=O) groups excluding carboxylic acids is 2. The van der Waals surface area contributed by atoms with Gasteiger partial charge >= 0.3 is 11.9 Å². The first-order valence-corrected chi connectivity index (χ1v) is 8.07. The number of benzene rings is 2. The van der Waals surface area contributed by atoms with E-state index in [9.17, 15) is 9.59 Å². The molecule has 0 N–H and O–H groups in total. The van der Waals surface area contributed by atoms with E-state index >= 15 is 0 Å². The third kappa shape index (κ3) is 4.35. The summed E-state index contributed by atoms with van der Waals surface area (Å²) < 4.78 is 16.3. The maximum Gasteiger partial charge on any atom is 0.343 e. The first-order chi connectivity index (χ1) is 11.4. The van der Waals surface area contributed by atoms with Crippen LogP contribution < -0.4 is 9.47 Å². The van der Waals surface area contributed by atoms with E-state index in [0.29, 0.717) is 15.8 Å². The normalized spacial score (nSPS) is 10.4. The predicted octanol–water partition coefficient (Wildman–Crippen LogP) is 4.24. The highest BCUT2D eigenvalue weighted by molar-refractivity contribution is 9.10. The van der Waals surface area contributed by atoms with Crippen LogP contribution >= 0.6 is 15.9 Å². The number of halogens is 1. The van der Waals surface area contributed by atoms with Gasteiger partial charge in [-0.2, -0.15) is 0 Å². The molecule has 0 saturated heterocycles. The molecular weight excluding hydrogens is 376 g/mol. The Kier molecular flexibility index (Phi) is 5.98. The van der Waals surface area contributed by atoms with Gasteiger partial charge in [-0.05, 0) is 60.1 Å². The molecule has 0 amide bonds. The smallest absolute Gasteiger partial charge is 0.343 e. The Morgan fingerprint density at radius 3 is 2.33 bits per heavy atom. The van der Waals surface area contributed by atoms with Crippen molar-refractivity contribution in [2.24, 2.45) is 0 Å². The number of esters is 2. The zero-order chi connectivity index (χ0) is 17.7. The van der Waals surface area contributed by atoms with Gasteiger partial charge in [0.2, 0.25) is 0 Å². The monoisotopic (exact) mass is 392 g/mol. The van der Waals surface area contributed by atoms with Gasteiger partial charge < -0.3 is 14.2 Å². The maximum atomic E-state index is 12.3. The van der Waals surface area contributed by atoms with Crippen LogP contribution in [-0.4, -0.2) is 25.2 Å². The molecule has 126 valence electrons. The van der Waals surface area contributed by atoms with E-state index in [0.717, 1.165) is 0 Å². The number of hydrogen-bond donors (Lipinski definition) is 0. The fourth-order valence-corrected chi connectivity index (χ4v) is 2.44. The highest BCUT2D eigenvalue weighted by Crippen LogP contribution is 2.28. The molecule has 0 bridgehead atoms. The van der Waals surface area contributed by atoms with E-state index in [1.165, 1.54) is 19.2 Å². The molecule has 0 fully saturated rings. The number of carbonyl (C=O) groups is 2. The SMILES string of the molecule is COC(=O)c1ccccc1OC(=O)c1ccc(OC(C)C)c(Br)c1. The first-order valence-electron chi connectivity index (χ1n) is 7.28. The lowest BCUT2D eigenvalue weighted by atomic mass is 10.2. The molecule has 6 heteroatoms. The van der Waals surface area contributed by atoms with E-state index < -0.39 is 11.9 Å². The fourth-order valence-electron chi connectivity index (χ4n) is 1.97. The van der Waals surface area contributed by atoms with Crippen molar-refractivity contribution in [3.05, 3.63) is 58.1 Å². The van der Waals surface area contributed by atoms with E-state index in [2.05, 4.69) is 20.7 Å². The molecular formula is C18H17BrO5. The molecule has 0 unspecified atom stereocenters. The van der Waals surface area contributed by atoms with Crippen molar-refractivity contribution >= 4 is 27.9 Å². The fraction of sp³-hybridized carbons (Fsp3) is 0.222. The van der Waals surface area contributed by atoms with Crippen molar-refractivity contribution < 1.29 is 23.8 Å². The lowest BCUT2D eigenvalue weighted by Crippen LogP contribution is -2.12. The molecule has 0 aliphatic rings. The number of methoxy groups -OCH3 is 1. The van der Waals surface area contributed by atoms with Crippen LogP contribution in [0.2, 0.25) is 0 Å². The molecule has 0 saturated carbocycles. The van der Waals surface area contributed by atoms with E-state index in [4.69, 9.17) is 9.47 Å². The standard InChI is InChI=1S/C18H17BrO5/c1-11(2)23-16-9-8-12(10-14(16)19)17(20)24-15-7-5-4-6-13(15)18(21)22-3/h4-11H,1-3H3. The molecule has 0 aromatic heterocycles. The Morgan fingerprint density at radius 2 is 1.71 bits per heavy atom. The van der Waals surface area contributed by atoms with Gasteiger partial charge in [0.15, 0.2) is 0 Å². The average Bonchev–Trinajstić information content (AvgIpc) is 2.56. The largest absolute Gasteiger partial charge is 0.490 e. The van der Waals surface area contributed by atoms with Crippen LogP contribution in [0.1, 0.15) is 34.6 Å². The van der Waals surface area contributed by atoms with Gasteiger partial charge in [0.1, 0.15) is 17.1 Å². The van der Waals surface area contributed by atoms with Gasteiger partial charge in [0.05, 0.1) is 23.2 Å². The quantitative estimate of drug-likeness (QED) is 0.562. The number of ether oxygens (including phenoxy) is 3. The zero-order valence-electron chi connectivity index (χ0n) is 13.5. The van der Waals surface area contributed by atoms with Gasteiger partial charge in [-0.15, -0.1) is 0 Å². The van der Waals surface area contributed by atoms with Crippen molar-refractivity contribution in [1.29, 1.82) is 0 Å². The Bertz CT molecular complexity index is 755. The van der Waals surface area contributed by atoms with Gasteiger partial charge in [-0.1, -0.05) is 12.1 Å². The van der Waals surface area contributed by atoms with Crippen LogP contribution in [0.3, 0.4) is 0 Å². The Balaban J connectivity index is 2.22. The maximum absolute atomic E-state index is 12.3. The predicted molar refractivity (Wildman–Crippen MR) is 92.6 cm³/mol. The summed E-state index contributed by atoms with van der Waals surface area (Å²) in [6.45, 7) is 3.83. The van der Waals surface area contributed by atoms with Gasteiger partial charge in [0.25, 0.3) is 0 Å². The average molecular weight is 393 g/mol. The second-order valence-corrected chi connectivity index (χ2v) is 6.04. The molecule has 0 heterocycles. The van der Waals surface area contributed by atoms with Gasteiger partial charge in [-0.3, -0.25) is 0 Å². The van der Waals surface area contributed by atoms with Crippen molar-refractivity contribution in [3.63, 3.8) is 0 Å². The van der Waals surface area contributed by atoms with Gasteiger partial charge in [-0.25, -0.2) is 9.59 Å². The first kappa shape index (κ1) is 18.0. The van der Waals surface area contributed by atoms with Crippen molar-refractivity contribution in [2.75, 3.05) is 7.11 Å². The summed E-state index contributed by atoms with van der Waals surface area (Å²) in [4.78, 5) is 24.0. The van der Waals surface area contributed by atoms with Crippen LogP contribution in [0.25, 0.3) is 0 Å². The number of para-hydroxylation sites is 1. The Labute approximate surface area is 148 Å². The summed E-state index contributed by atoms with van der Waals surface area (Å²) in [5.74, 6) is -0.368. The third-order valence-corrected chi connectivity index (χ3v) is 3.64. The molecule has 2 aromatic carbocycles. The summed E-state index contributed by atoms with van der Waals surface area (Å²) in [5.41, 5.74) is 0.518. The van der Waals surface area contributed by atoms with Crippen LogP contribution in [-0.2, 0) is 4.74 Å². The molecule has 0 aliphatic heterocycles. The van der Waals surface area contributed by atoms with Crippen molar-refractivity contribution in [2.45, 2.75) is 20.0 Å². The lowest BCUT2D eigenvalue weighted by molar-refractivity contribution is 0.0593. The molecule has 24 heavy (non-hydrogen) atoms. The van der Waals surface area contributed by atoms with Crippen molar-refractivity contribution in [3.8, 4) is 11.5 Å². The van der Waals surface area contributed by atoms with E-state index in [1.54, 1.807) is 30.3 Å². The van der Waals surface area contributed by atoms with Crippen LogP contribution in [0.15, 0.2) is 46.9 Å². The highest BCUT2D eigenvalue weighted by atomic mass is 79.9. The van der Waals surface area contributed by atoms with Crippen LogP contribution in [0.5, 0.6) is 11.5 Å². The Hall–Kier alpha value is -2.34. The molecule has 2 rings (SSSR count). The second-order valence-electron chi connectivity index (χ2n) is 5.19. The molecule has 0 radical (unpaired) electrons. The zero-order valence-corrected chi connectivity index (χ0v) is 15.1. The summed E-state index contributed by atoms with van der Waals surface area (Å²) in [7, 11) is 1.27. The van der Waals surface area contributed by atoms with Crippen LogP contribution in [0.4, 0.5) is 0 Å². The van der Waals surface area contributed by atoms with Gasteiger partial charge in [0, 0.05) is 0 Å². The molecule has 0 spiro atoms. The summed E-state index contributed by atoms with van der Waals surface area (Å²) >= 11 is 3.37. The third-order valence-electron chi connectivity index (χ3n) is 3.03.